The second-order valence-electron chi connectivity index (χ2n) is 6.06. The normalized spacial score (nSPS) is 14.9. The molecule has 1 aliphatic carbocycles. The van der Waals surface area contributed by atoms with Crippen LogP contribution in [0.3, 0.4) is 0 Å². The molecule has 0 amide bonds. The van der Waals surface area contributed by atoms with Gasteiger partial charge in [0.2, 0.25) is 6.33 Å². The van der Waals surface area contributed by atoms with E-state index in [9.17, 15) is 22.1 Å². The van der Waals surface area contributed by atoms with E-state index < -0.39 is 7.25 Å². The van der Waals surface area contributed by atoms with Crippen LogP contribution in [0.1, 0.15) is 16.8 Å². The minimum absolute atomic E-state index is 0.647. The van der Waals surface area contributed by atoms with Gasteiger partial charge >= 0.3 is 7.25 Å². The van der Waals surface area contributed by atoms with Crippen LogP contribution >= 0.6 is 0 Å². The Labute approximate surface area is 160 Å². The first-order valence-corrected chi connectivity index (χ1v) is 8.39. The van der Waals surface area contributed by atoms with E-state index >= 15 is 0 Å². The third-order valence-corrected chi connectivity index (χ3v) is 3.66. The standard InChI is InChI=1S/C19H19N2O2.BF4/c1-20-10-11-21(15-20)12-16-2-4-18(5-3-16)14-23-19-8-6-17(13-22)7-9-19;2-1(3,4)5/h2-4,6-11,13-15H,5,12H2,1H3;/q+1;-1. The fourth-order valence-corrected chi connectivity index (χ4v) is 2.38. The van der Waals surface area contributed by atoms with Crippen molar-refractivity contribution >= 4 is 13.5 Å². The number of halogens is 4. The fraction of sp³-hybridized carbons (Fsp3) is 0.158. The Morgan fingerprint density at radius 1 is 1.18 bits per heavy atom. The van der Waals surface area contributed by atoms with Crippen molar-refractivity contribution in [3.8, 4) is 5.75 Å². The van der Waals surface area contributed by atoms with E-state index in [1.807, 2.05) is 17.8 Å². The van der Waals surface area contributed by atoms with Crippen molar-refractivity contribution in [3.63, 3.8) is 0 Å². The first kappa shape index (κ1) is 21.2. The molecule has 0 atom stereocenters. The minimum atomic E-state index is -6.00. The zero-order chi connectivity index (χ0) is 20.6. The molecule has 4 nitrogen and oxygen atoms in total. The number of hydrogen-bond acceptors (Lipinski definition) is 2. The molecule has 1 aliphatic rings. The Morgan fingerprint density at radius 2 is 1.86 bits per heavy atom. The molecular weight excluding hydrogens is 375 g/mol. The van der Waals surface area contributed by atoms with Crippen molar-refractivity contribution in [2.75, 3.05) is 0 Å². The summed E-state index contributed by atoms with van der Waals surface area (Å²) in [5.74, 6) is 0.728. The van der Waals surface area contributed by atoms with Gasteiger partial charge in [0.25, 0.3) is 0 Å². The Kier molecular flexibility index (Phi) is 7.37. The molecule has 1 aromatic heterocycles. The summed E-state index contributed by atoms with van der Waals surface area (Å²) in [6.45, 7) is 0.874. The van der Waals surface area contributed by atoms with Gasteiger partial charge in [-0.1, -0.05) is 18.2 Å². The van der Waals surface area contributed by atoms with E-state index in [0.29, 0.717) is 5.56 Å². The van der Waals surface area contributed by atoms with Crippen LogP contribution in [-0.4, -0.2) is 18.1 Å². The van der Waals surface area contributed by atoms with Gasteiger partial charge in [0, 0.05) is 5.56 Å². The van der Waals surface area contributed by atoms with Gasteiger partial charge in [-0.25, -0.2) is 9.13 Å². The van der Waals surface area contributed by atoms with Gasteiger partial charge in [-0.05, 0) is 41.8 Å². The number of rotatable bonds is 5. The van der Waals surface area contributed by atoms with Crippen molar-refractivity contribution < 1.29 is 31.4 Å². The molecule has 0 fully saturated rings. The SMILES string of the molecule is C[n+]1ccn(CC2=CCC(=COc3ccc(C=O)cc3)C=C2)c1.F[B-](F)(F)F. The van der Waals surface area contributed by atoms with Crippen LogP contribution < -0.4 is 9.30 Å². The number of allylic oxidation sites excluding steroid dienone is 5. The Morgan fingerprint density at radius 3 is 2.36 bits per heavy atom. The summed E-state index contributed by atoms with van der Waals surface area (Å²) in [5.41, 5.74) is 3.05. The van der Waals surface area contributed by atoms with Gasteiger partial charge in [0.05, 0.1) is 13.3 Å². The number of carbonyl (C=O) groups is 1. The summed E-state index contributed by atoms with van der Waals surface area (Å²) >= 11 is 0. The molecule has 1 aromatic carbocycles. The largest absolute Gasteiger partial charge is 0.673 e. The molecule has 0 N–H and O–H groups in total. The number of nitrogens with zero attached hydrogens (tertiary/aromatic N) is 2. The lowest BCUT2D eigenvalue weighted by Gasteiger charge is -2.08. The smallest absolute Gasteiger partial charge is 0.465 e. The molecule has 9 heteroatoms. The second kappa shape index (κ2) is 9.73. The Balaban J connectivity index is 0.000000500. The van der Waals surface area contributed by atoms with Gasteiger partial charge in [0.1, 0.15) is 31.0 Å². The first-order valence-electron chi connectivity index (χ1n) is 8.39. The van der Waals surface area contributed by atoms with Crippen LogP contribution in [0.15, 0.2) is 78.6 Å². The maximum absolute atomic E-state index is 10.6. The third kappa shape index (κ3) is 8.07. The Hall–Kier alpha value is -3.10. The summed E-state index contributed by atoms with van der Waals surface area (Å²) in [7, 11) is -3.98. The third-order valence-electron chi connectivity index (χ3n) is 3.66. The summed E-state index contributed by atoms with van der Waals surface area (Å²) < 4.78 is 48.8. The number of hydrogen-bond donors (Lipinski definition) is 0. The fourth-order valence-electron chi connectivity index (χ4n) is 2.38. The van der Waals surface area contributed by atoms with Crippen LogP contribution in [-0.2, 0) is 13.6 Å². The minimum Gasteiger partial charge on any atom is -0.465 e. The summed E-state index contributed by atoms with van der Waals surface area (Å²) in [6.07, 6.45) is 16.0. The average Bonchev–Trinajstić information content (AvgIpc) is 3.05. The van der Waals surface area contributed by atoms with E-state index in [0.717, 1.165) is 30.6 Å². The molecule has 1 heterocycles. The van der Waals surface area contributed by atoms with Crippen molar-refractivity contribution in [1.82, 2.24) is 4.57 Å². The number of imidazole rings is 1. The highest BCUT2D eigenvalue weighted by atomic mass is 19.5. The predicted octanol–water partition coefficient (Wildman–Crippen LogP) is 4.27. The lowest BCUT2D eigenvalue weighted by molar-refractivity contribution is -0.671. The van der Waals surface area contributed by atoms with E-state index in [4.69, 9.17) is 4.74 Å². The molecular formula is C19H19BF4N2O2. The van der Waals surface area contributed by atoms with Gasteiger partial charge in [-0.3, -0.25) is 4.79 Å². The predicted molar refractivity (Wildman–Crippen MR) is 98.2 cm³/mol. The van der Waals surface area contributed by atoms with Gasteiger partial charge in [-0.15, -0.1) is 0 Å². The van der Waals surface area contributed by atoms with Crippen molar-refractivity contribution in [1.29, 1.82) is 0 Å². The average molecular weight is 394 g/mol. The van der Waals surface area contributed by atoms with E-state index in [2.05, 4.69) is 35.3 Å². The summed E-state index contributed by atoms with van der Waals surface area (Å²) in [5, 5.41) is 0. The number of benzene rings is 1. The molecule has 0 aliphatic heterocycles. The Bertz CT molecular complexity index is 878. The van der Waals surface area contributed by atoms with Crippen LogP contribution in [0, 0.1) is 0 Å². The van der Waals surface area contributed by atoms with Crippen LogP contribution in [0.4, 0.5) is 17.3 Å². The van der Waals surface area contributed by atoms with Gasteiger partial charge in [0.15, 0.2) is 0 Å². The topological polar surface area (TPSA) is 35.1 Å². The lowest BCUT2D eigenvalue weighted by atomic mass is 10.0. The number of aromatic nitrogens is 2. The zero-order valence-corrected chi connectivity index (χ0v) is 15.1. The van der Waals surface area contributed by atoms with Crippen LogP contribution in [0.5, 0.6) is 5.75 Å². The molecule has 0 saturated heterocycles. The highest BCUT2D eigenvalue weighted by Gasteiger charge is 2.20. The van der Waals surface area contributed by atoms with Crippen molar-refractivity contribution in [2.45, 2.75) is 13.0 Å². The molecule has 0 unspecified atom stereocenters. The highest BCUT2D eigenvalue weighted by molar-refractivity contribution is 6.50. The number of carbonyl (C=O) groups excluding carboxylic acids is 1. The lowest BCUT2D eigenvalue weighted by Crippen LogP contribution is -2.23. The maximum Gasteiger partial charge on any atom is 0.673 e. The quantitative estimate of drug-likeness (QED) is 0.250. The molecule has 28 heavy (non-hydrogen) atoms. The number of aldehydes is 1. The zero-order valence-electron chi connectivity index (χ0n) is 15.1. The molecule has 148 valence electrons. The van der Waals surface area contributed by atoms with Gasteiger partial charge < -0.3 is 22.0 Å². The molecule has 0 bridgehead atoms. The molecule has 0 spiro atoms. The van der Waals surface area contributed by atoms with E-state index in [-0.39, 0.29) is 0 Å². The molecule has 0 radical (unpaired) electrons. The highest BCUT2D eigenvalue weighted by Crippen LogP contribution is 2.18. The van der Waals surface area contributed by atoms with E-state index in [1.165, 1.54) is 5.57 Å². The number of aryl methyl sites for hydroxylation is 1. The summed E-state index contributed by atoms with van der Waals surface area (Å²) in [6, 6.07) is 7.07. The molecule has 2 aromatic rings. The van der Waals surface area contributed by atoms with Crippen molar-refractivity contribution in [2.24, 2.45) is 7.05 Å². The molecule has 0 saturated carbocycles. The van der Waals surface area contributed by atoms with Gasteiger partial charge in [-0.2, -0.15) is 0 Å². The van der Waals surface area contributed by atoms with E-state index in [1.54, 1.807) is 30.5 Å². The number of ether oxygens (including phenoxy) is 1. The molecule has 3 rings (SSSR count). The van der Waals surface area contributed by atoms with Crippen LogP contribution in [0.2, 0.25) is 0 Å². The first-order chi connectivity index (χ1) is 13.2. The maximum atomic E-state index is 10.6. The monoisotopic (exact) mass is 394 g/mol. The summed E-state index contributed by atoms with van der Waals surface area (Å²) in [4.78, 5) is 10.6. The second-order valence-corrected chi connectivity index (χ2v) is 6.06. The van der Waals surface area contributed by atoms with Crippen molar-refractivity contribution in [3.05, 3.63) is 84.2 Å². The van der Waals surface area contributed by atoms with Crippen LogP contribution in [0.25, 0.3) is 0 Å².